The Morgan fingerprint density at radius 1 is 1.05 bits per heavy atom. The Labute approximate surface area is 115 Å². The molecule has 0 fully saturated rings. The van der Waals surface area contributed by atoms with E-state index in [4.69, 9.17) is 0 Å². The van der Waals surface area contributed by atoms with E-state index in [-0.39, 0.29) is 0 Å². The Hall–Kier alpha value is -2.20. The minimum Gasteiger partial charge on any atom is -0.253 e. The molecule has 0 aliphatic heterocycles. The third-order valence-electron chi connectivity index (χ3n) is 2.72. The van der Waals surface area contributed by atoms with Crippen molar-refractivity contribution in [3.63, 3.8) is 0 Å². The molecule has 1 aromatic heterocycles. The average molecular weight is 267 g/mol. The summed E-state index contributed by atoms with van der Waals surface area (Å²) >= 11 is 1.61. The lowest BCUT2D eigenvalue weighted by molar-refractivity contribution is 1.27. The molecule has 3 rings (SSSR count). The number of aromatic nitrogens is 1. The maximum Gasteiger partial charge on any atom is 0.204 e. The number of benzene rings is 2. The van der Waals surface area contributed by atoms with Gasteiger partial charge >= 0.3 is 0 Å². The van der Waals surface area contributed by atoms with Gasteiger partial charge in [0.25, 0.3) is 0 Å². The van der Waals surface area contributed by atoms with Gasteiger partial charge in [-0.15, -0.1) is 0 Å². The number of nitrogens with one attached hydrogen (secondary N) is 1. The van der Waals surface area contributed by atoms with Crippen LogP contribution in [0.1, 0.15) is 5.56 Å². The van der Waals surface area contributed by atoms with Crippen LogP contribution in [0.4, 0.5) is 5.13 Å². The Morgan fingerprint density at radius 3 is 2.68 bits per heavy atom. The summed E-state index contributed by atoms with van der Waals surface area (Å²) in [5, 5.41) is 5.03. The molecule has 0 aliphatic carbocycles. The van der Waals surface area contributed by atoms with Crippen LogP contribution in [0, 0.1) is 0 Å². The zero-order valence-electron chi connectivity index (χ0n) is 10.3. The van der Waals surface area contributed by atoms with E-state index in [1.165, 1.54) is 10.3 Å². The van der Waals surface area contributed by atoms with Gasteiger partial charge in [-0.2, -0.15) is 5.10 Å². The molecule has 0 radical (unpaired) electrons. The van der Waals surface area contributed by atoms with E-state index in [1.807, 2.05) is 42.6 Å². The standard InChI is InChI=1S/C15H13N3S/c1-2-6-12(7-3-1)10-11-16-18-15-17-13-8-4-5-9-14(13)19-15/h1-9,11H,10H2,(H,17,18)/b16-11-. The fraction of sp³-hybridized carbons (Fsp3) is 0.0667. The average Bonchev–Trinajstić information content (AvgIpc) is 2.87. The van der Waals surface area contributed by atoms with E-state index in [1.54, 1.807) is 11.3 Å². The van der Waals surface area contributed by atoms with Crippen molar-refractivity contribution in [2.24, 2.45) is 5.10 Å². The van der Waals surface area contributed by atoms with Gasteiger partial charge < -0.3 is 0 Å². The number of thiazole rings is 1. The predicted molar refractivity (Wildman–Crippen MR) is 81.9 cm³/mol. The van der Waals surface area contributed by atoms with Gasteiger partial charge in [-0.05, 0) is 17.7 Å². The third kappa shape index (κ3) is 2.98. The van der Waals surface area contributed by atoms with Crippen LogP contribution in [0.25, 0.3) is 10.2 Å². The maximum absolute atomic E-state index is 4.45. The molecule has 0 amide bonds. The number of fused-ring (bicyclic) bond motifs is 1. The van der Waals surface area contributed by atoms with Crippen molar-refractivity contribution < 1.29 is 0 Å². The quantitative estimate of drug-likeness (QED) is 0.574. The van der Waals surface area contributed by atoms with Crippen molar-refractivity contribution in [2.45, 2.75) is 6.42 Å². The van der Waals surface area contributed by atoms with Crippen LogP contribution in [0.5, 0.6) is 0 Å². The summed E-state index contributed by atoms with van der Waals surface area (Å²) in [4.78, 5) is 4.45. The Kier molecular flexibility index (Phi) is 3.51. The summed E-state index contributed by atoms with van der Waals surface area (Å²) in [5.41, 5.74) is 5.24. The van der Waals surface area contributed by atoms with E-state index in [2.05, 4.69) is 33.7 Å². The van der Waals surface area contributed by atoms with Crippen molar-refractivity contribution >= 4 is 32.9 Å². The Balaban J connectivity index is 1.62. The molecule has 0 bridgehead atoms. The van der Waals surface area contributed by atoms with Crippen LogP contribution in [0.15, 0.2) is 59.7 Å². The van der Waals surface area contributed by atoms with Gasteiger partial charge in [0, 0.05) is 12.6 Å². The first kappa shape index (κ1) is 11.9. The zero-order valence-corrected chi connectivity index (χ0v) is 11.1. The first-order chi connectivity index (χ1) is 9.42. The van der Waals surface area contributed by atoms with Crippen LogP contribution < -0.4 is 5.43 Å². The minimum absolute atomic E-state index is 0.818. The molecule has 0 saturated carbocycles. The molecule has 3 aromatic rings. The van der Waals surface area contributed by atoms with Gasteiger partial charge in [0.2, 0.25) is 5.13 Å². The van der Waals surface area contributed by atoms with Crippen LogP contribution in [0.2, 0.25) is 0 Å². The van der Waals surface area contributed by atoms with Crippen molar-refractivity contribution in [2.75, 3.05) is 5.43 Å². The van der Waals surface area contributed by atoms with Crippen LogP contribution in [0.3, 0.4) is 0 Å². The molecule has 2 aromatic carbocycles. The first-order valence-corrected chi connectivity index (χ1v) is 6.90. The van der Waals surface area contributed by atoms with E-state index < -0.39 is 0 Å². The highest BCUT2D eigenvalue weighted by Crippen LogP contribution is 2.25. The molecule has 0 saturated heterocycles. The van der Waals surface area contributed by atoms with Gasteiger partial charge in [-0.25, -0.2) is 4.98 Å². The summed E-state index contributed by atoms with van der Waals surface area (Å²) in [7, 11) is 0. The van der Waals surface area contributed by atoms with Gasteiger partial charge in [0.15, 0.2) is 0 Å². The molecular formula is C15H13N3S. The molecule has 0 unspecified atom stereocenters. The molecular weight excluding hydrogens is 254 g/mol. The zero-order chi connectivity index (χ0) is 12.9. The Bertz CT molecular complexity index is 656. The molecule has 1 heterocycles. The van der Waals surface area contributed by atoms with Crippen LogP contribution in [-0.2, 0) is 6.42 Å². The van der Waals surface area contributed by atoms with Gasteiger partial charge in [-0.3, -0.25) is 5.43 Å². The SMILES string of the molecule is C(/Cc1ccccc1)=N/Nc1nc2ccccc2s1. The summed E-state index contributed by atoms with van der Waals surface area (Å²) in [6, 6.07) is 18.3. The summed E-state index contributed by atoms with van der Waals surface area (Å²) in [6.45, 7) is 0. The normalized spacial score (nSPS) is 11.2. The van der Waals surface area contributed by atoms with Crippen molar-refractivity contribution in [1.82, 2.24) is 4.98 Å². The number of para-hydroxylation sites is 1. The van der Waals surface area contributed by atoms with E-state index in [9.17, 15) is 0 Å². The van der Waals surface area contributed by atoms with Gasteiger partial charge in [0.1, 0.15) is 0 Å². The van der Waals surface area contributed by atoms with Crippen LogP contribution in [-0.4, -0.2) is 11.2 Å². The summed E-state index contributed by atoms with van der Waals surface area (Å²) < 4.78 is 1.17. The number of rotatable bonds is 4. The van der Waals surface area contributed by atoms with Crippen molar-refractivity contribution in [3.05, 3.63) is 60.2 Å². The van der Waals surface area contributed by atoms with Gasteiger partial charge in [0.05, 0.1) is 10.2 Å². The second kappa shape index (κ2) is 5.63. The van der Waals surface area contributed by atoms with Crippen molar-refractivity contribution in [1.29, 1.82) is 0 Å². The predicted octanol–water partition coefficient (Wildman–Crippen LogP) is 3.94. The molecule has 19 heavy (non-hydrogen) atoms. The molecule has 3 nitrogen and oxygen atoms in total. The van der Waals surface area contributed by atoms with Crippen molar-refractivity contribution in [3.8, 4) is 0 Å². The number of hydrogen-bond donors (Lipinski definition) is 1. The highest BCUT2D eigenvalue weighted by molar-refractivity contribution is 7.22. The second-order valence-corrected chi connectivity index (χ2v) is 5.13. The second-order valence-electron chi connectivity index (χ2n) is 4.10. The summed E-state index contributed by atoms with van der Waals surface area (Å²) in [6.07, 6.45) is 2.68. The maximum atomic E-state index is 4.45. The monoisotopic (exact) mass is 267 g/mol. The minimum atomic E-state index is 0.818. The van der Waals surface area contributed by atoms with E-state index in [0.29, 0.717) is 0 Å². The number of nitrogens with zero attached hydrogens (tertiary/aromatic N) is 2. The molecule has 4 heteroatoms. The largest absolute Gasteiger partial charge is 0.253 e. The number of hydrogen-bond acceptors (Lipinski definition) is 4. The molecule has 0 atom stereocenters. The molecule has 94 valence electrons. The molecule has 0 aliphatic rings. The number of hydrazone groups is 1. The lowest BCUT2D eigenvalue weighted by atomic mass is 10.2. The van der Waals surface area contributed by atoms with E-state index in [0.717, 1.165) is 17.1 Å². The lowest BCUT2D eigenvalue weighted by Crippen LogP contribution is -1.91. The molecule has 1 N–H and O–H groups in total. The fourth-order valence-electron chi connectivity index (χ4n) is 1.79. The lowest BCUT2D eigenvalue weighted by Gasteiger charge is -1.94. The third-order valence-corrected chi connectivity index (χ3v) is 3.66. The van der Waals surface area contributed by atoms with Crippen LogP contribution >= 0.6 is 11.3 Å². The number of anilines is 1. The molecule has 0 spiro atoms. The smallest absolute Gasteiger partial charge is 0.204 e. The first-order valence-electron chi connectivity index (χ1n) is 6.09. The fourth-order valence-corrected chi connectivity index (χ4v) is 2.60. The Morgan fingerprint density at radius 2 is 1.84 bits per heavy atom. The highest BCUT2D eigenvalue weighted by Gasteiger charge is 2.00. The highest BCUT2D eigenvalue weighted by atomic mass is 32.1. The topological polar surface area (TPSA) is 37.3 Å². The van der Waals surface area contributed by atoms with Gasteiger partial charge in [-0.1, -0.05) is 53.8 Å². The van der Waals surface area contributed by atoms with E-state index >= 15 is 0 Å². The summed E-state index contributed by atoms with van der Waals surface area (Å²) in [5.74, 6) is 0.